The van der Waals surface area contributed by atoms with Crippen LogP contribution in [0.15, 0.2) is 80.4 Å². The van der Waals surface area contributed by atoms with E-state index in [2.05, 4.69) is 47.7 Å². The van der Waals surface area contributed by atoms with Crippen LogP contribution in [0.3, 0.4) is 0 Å². The Hall–Kier alpha value is -3.63. The number of benzene rings is 3. The summed E-state index contributed by atoms with van der Waals surface area (Å²) in [6.45, 7) is 2.16. The van der Waals surface area contributed by atoms with Crippen molar-refractivity contribution >= 4 is 61.7 Å². The molecule has 0 fully saturated rings. The van der Waals surface area contributed by atoms with Crippen molar-refractivity contribution in [1.29, 1.82) is 0 Å². The number of rotatable bonds is 9. The number of anilines is 1. The third-order valence-electron chi connectivity index (χ3n) is 5.09. The van der Waals surface area contributed by atoms with Gasteiger partial charge in [0.1, 0.15) is 5.70 Å². The summed E-state index contributed by atoms with van der Waals surface area (Å²) >= 11 is 6.70. The van der Waals surface area contributed by atoms with E-state index in [1.807, 2.05) is 43.3 Å². The van der Waals surface area contributed by atoms with Gasteiger partial charge in [0.25, 0.3) is 11.8 Å². The maximum Gasteiger partial charge on any atom is 0.287 e. The van der Waals surface area contributed by atoms with E-state index in [1.54, 1.807) is 49.4 Å². The molecule has 0 aliphatic rings. The highest BCUT2D eigenvalue weighted by molar-refractivity contribution is 9.13. The first-order chi connectivity index (χ1) is 17.7. The Balaban J connectivity index is 1.86. The molecule has 37 heavy (non-hydrogen) atoms. The molecule has 0 bridgehead atoms. The van der Waals surface area contributed by atoms with Gasteiger partial charge in [-0.15, -0.1) is 0 Å². The van der Waals surface area contributed by atoms with Gasteiger partial charge in [-0.3, -0.25) is 9.59 Å². The van der Waals surface area contributed by atoms with Gasteiger partial charge in [-0.25, -0.2) is 5.43 Å². The van der Waals surface area contributed by atoms with Crippen LogP contribution in [-0.2, 0) is 4.79 Å². The highest BCUT2D eigenvalue weighted by Gasteiger charge is 2.16. The van der Waals surface area contributed by atoms with Gasteiger partial charge in [0.15, 0.2) is 11.5 Å². The summed E-state index contributed by atoms with van der Waals surface area (Å²) in [4.78, 5) is 27.8. The van der Waals surface area contributed by atoms with E-state index in [9.17, 15) is 14.7 Å². The van der Waals surface area contributed by atoms with Gasteiger partial charge in [0.05, 0.1) is 17.3 Å². The molecule has 0 atom stereocenters. The van der Waals surface area contributed by atoms with E-state index in [0.29, 0.717) is 26.7 Å². The highest BCUT2D eigenvalue weighted by Crippen LogP contribution is 2.41. The molecular weight excluding hydrogens is 604 g/mol. The fourth-order valence-electron chi connectivity index (χ4n) is 3.17. The summed E-state index contributed by atoms with van der Waals surface area (Å²) in [5.74, 6) is -0.829. The minimum absolute atomic E-state index is 0.0181. The largest absolute Gasteiger partial charge is 0.503 e. The van der Waals surface area contributed by atoms with E-state index in [-0.39, 0.29) is 17.2 Å². The lowest BCUT2D eigenvalue weighted by Crippen LogP contribution is -2.32. The zero-order valence-corrected chi connectivity index (χ0v) is 23.6. The Morgan fingerprint density at radius 2 is 1.73 bits per heavy atom. The van der Waals surface area contributed by atoms with Crippen molar-refractivity contribution in [2.45, 2.75) is 6.92 Å². The maximum atomic E-state index is 13.1. The van der Waals surface area contributed by atoms with Crippen LogP contribution in [0.2, 0.25) is 0 Å². The van der Waals surface area contributed by atoms with Gasteiger partial charge in [0, 0.05) is 35.4 Å². The molecule has 3 rings (SSSR count). The number of nitrogens with one attached hydrogen (secondary N) is 2. The van der Waals surface area contributed by atoms with Crippen LogP contribution < -0.4 is 20.4 Å². The first-order valence-corrected chi connectivity index (χ1v) is 12.8. The number of phenols is 1. The Labute approximate surface area is 232 Å². The molecule has 0 saturated carbocycles. The number of ether oxygens (including phenoxy) is 1. The minimum atomic E-state index is -0.615. The number of hydrogen-bond donors (Lipinski definition) is 3. The third-order valence-corrected chi connectivity index (χ3v) is 7.25. The fraction of sp³-hybridized carbons (Fsp3) is 0.148. The van der Waals surface area contributed by atoms with Gasteiger partial charge in [-0.2, -0.15) is 5.10 Å². The summed E-state index contributed by atoms with van der Waals surface area (Å²) in [6, 6.07) is 17.7. The monoisotopic (exact) mass is 628 g/mol. The van der Waals surface area contributed by atoms with Crippen LogP contribution in [0.5, 0.6) is 11.5 Å². The summed E-state index contributed by atoms with van der Waals surface area (Å²) in [5.41, 5.74) is 5.15. The van der Waals surface area contributed by atoms with E-state index in [4.69, 9.17) is 4.74 Å². The number of hydrazone groups is 1. The van der Waals surface area contributed by atoms with Crippen molar-refractivity contribution in [2.24, 2.45) is 5.10 Å². The predicted octanol–water partition coefficient (Wildman–Crippen LogP) is 5.30. The van der Waals surface area contributed by atoms with Crippen molar-refractivity contribution < 1.29 is 19.4 Å². The van der Waals surface area contributed by atoms with Crippen LogP contribution in [0.1, 0.15) is 28.4 Å². The topological polar surface area (TPSA) is 103 Å². The number of nitrogens with zero attached hydrogens (tertiary/aromatic N) is 2. The lowest BCUT2D eigenvalue weighted by molar-refractivity contribution is -0.117. The molecule has 0 unspecified atom stereocenters. The fourth-order valence-corrected chi connectivity index (χ4v) is 4.00. The number of hydrogen-bond acceptors (Lipinski definition) is 6. The Kier molecular flexibility index (Phi) is 9.87. The minimum Gasteiger partial charge on any atom is -0.503 e. The van der Waals surface area contributed by atoms with Gasteiger partial charge < -0.3 is 20.1 Å². The lowest BCUT2D eigenvalue weighted by Gasteiger charge is -2.13. The molecule has 3 N–H and O–H groups in total. The summed E-state index contributed by atoms with van der Waals surface area (Å²) in [6.07, 6.45) is 2.97. The molecule has 0 aliphatic carbocycles. The zero-order chi connectivity index (χ0) is 26.9. The summed E-state index contributed by atoms with van der Waals surface area (Å²) < 4.78 is 6.36. The molecule has 8 nitrogen and oxygen atoms in total. The van der Waals surface area contributed by atoms with Crippen molar-refractivity contribution in [3.63, 3.8) is 0 Å². The van der Waals surface area contributed by atoms with Crippen molar-refractivity contribution in [1.82, 2.24) is 10.7 Å². The molecule has 0 heterocycles. The Morgan fingerprint density at radius 3 is 2.35 bits per heavy atom. The summed E-state index contributed by atoms with van der Waals surface area (Å²) in [7, 11) is 3.87. The molecule has 3 aromatic rings. The van der Waals surface area contributed by atoms with Crippen molar-refractivity contribution in [3.05, 3.63) is 92.0 Å². The van der Waals surface area contributed by atoms with Crippen molar-refractivity contribution in [3.8, 4) is 11.5 Å². The van der Waals surface area contributed by atoms with Crippen LogP contribution in [0.25, 0.3) is 6.08 Å². The second kappa shape index (κ2) is 13.1. The number of halogens is 2. The van der Waals surface area contributed by atoms with E-state index in [1.165, 1.54) is 6.21 Å². The van der Waals surface area contributed by atoms with Crippen LogP contribution in [-0.4, -0.2) is 43.8 Å². The average Bonchev–Trinajstić information content (AvgIpc) is 2.90. The molecule has 0 spiro atoms. The number of carbonyl (C=O) groups excluding carboxylic acids is 2. The molecular formula is C27H26Br2N4O4. The number of carbonyl (C=O) groups is 2. The second-order valence-corrected chi connectivity index (χ2v) is 9.52. The first kappa shape index (κ1) is 27.9. The smallest absolute Gasteiger partial charge is 0.287 e. The molecule has 0 saturated heterocycles. The van der Waals surface area contributed by atoms with E-state index < -0.39 is 11.8 Å². The standard InChI is InChI=1S/C27H26Br2N4O4/c1-4-37-22-15-19(23(28)24(29)25(22)34)16-30-32-27(36)21(31-26(35)18-8-6-5-7-9-18)14-17-10-12-20(13-11-17)33(2)3/h5-16,34H,4H2,1-3H3,(H,31,35)(H,32,36)/b21-14-,30-16+. The van der Waals surface area contributed by atoms with E-state index >= 15 is 0 Å². The molecule has 10 heteroatoms. The second-order valence-electron chi connectivity index (χ2n) is 7.94. The van der Waals surface area contributed by atoms with Gasteiger partial charge >= 0.3 is 0 Å². The molecule has 192 valence electrons. The maximum absolute atomic E-state index is 13.1. The van der Waals surface area contributed by atoms with Gasteiger partial charge in [0.2, 0.25) is 0 Å². The first-order valence-electron chi connectivity index (χ1n) is 11.2. The van der Waals surface area contributed by atoms with E-state index in [0.717, 1.165) is 11.3 Å². The predicted molar refractivity (Wildman–Crippen MR) is 153 cm³/mol. The molecule has 3 aromatic carbocycles. The van der Waals surface area contributed by atoms with Crippen LogP contribution in [0.4, 0.5) is 5.69 Å². The SMILES string of the molecule is CCOc1cc(/C=N/NC(=O)/C(=C/c2ccc(N(C)C)cc2)NC(=O)c2ccccc2)c(Br)c(Br)c1O. The number of aromatic hydroxyl groups is 1. The normalized spacial score (nSPS) is 11.3. The summed E-state index contributed by atoms with van der Waals surface area (Å²) in [5, 5.41) is 16.9. The number of phenolic OH excluding ortho intramolecular Hbond substituents is 1. The molecule has 0 aliphatic heterocycles. The molecule has 2 amide bonds. The highest BCUT2D eigenvalue weighted by atomic mass is 79.9. The Bertz CT molecular complexity index is 1320. The number of amides is 2. The molecule has 0 aromatic heterocycles. The van der Waals surface area contributed by atoms with Crippen LogP contribution >= 0.6 is 31.9 Å². The van der Waals surface area contributed by atoms with Gasteiger partial charge in [-0.05, 0) is 80.8 Å². The molecule has 0 radical (unpaired) electrons. The quantitative estimate of drug-likeness (QED) is 0.169. The zero-order valence-electron chi connectivity index (χ0n) is 20.5. The average molecular weight is 630 g/mol. The lowest BCUT2D eigenvalue weighted by atomic mass is 10.1. The van der Waals surface area contributed by atoms with Crippen molar-refractivity contribution in [2.75, 3.05) is 25.6 Å². The third kappa shape index (κ3) is 7.43. The van der Waals surface area contributed by atoms with Gasteiger partial charge in [-0.1, -0.05) is 30.3 Å². The van der Waals surface area contributed by atoms with Crippen LogP contribution in [0, 0.1) is 0 Å². The Morgan fingerprint density at radius 1 is 1.05 bits per heavy atom.